The zero-order chi connectivity index (χ0) is 19.3. The number of hydrogen-bond donors (Lipinski definition) is 1. The van der Waals surface area contributed by atoms with Gasteiger partial charge in [-0.25, -0.2) is 15.0 Å². The predicted molar refractivity (Wildman–Crippen MR) is 93.3 cm³/mol. The Balaban J connectivity index is 0.00000210. The molecule has 0 aliphatic carbocycles. The largest absolute Gasteiger partial charge is 1.00 e. The third-order valence-corrected chi connectivity index (χ3v) is 4.26. The molecule has 3 aromatic rings. The monoisotopic (exact) mass is 437 g/mol. The first-order valence-corrected chi connectivity index (χ1v) is 9.80. The van der Waals surface area contributed by atoms with Crippen molar-refractivity contribution in [2.24, 2.45) is 0 Å². The molecule has 144 valence electrons. The van der Waals surface area contributed by atoms with Gasteiger partial charge in [-0.3, -0.25) is 0 Å². The maximum Gasteiger partial charge on any atom is 1.00 e. The van der Waals surface area contributed by atoms with Gasteiger partial charge in [0, 0.05) is 0 Å². The summed E-state index contributed by atoms with van der Waals surface area (Å²) < 4.78 is 23.3. The Morgan fingerprint density at radius 2 is 1.76 bits per heavy atom. The Labute approximate surface area is 212 Å². The molecule has 0 aliphatic heterocycles. The third kappa shape index (κ3) is 8.01. The van der Waals surface area contributed by atoms with E-state index in [1.807, 2.05) is 30.3 Å². The van der Waals surface area contributed by atoms with E-state index in [9.17, 15) is 14.4 Å². The number of ether oxygens (including phenoxy) is 2. The zero-order valence-electron chi connectivity index (χ0n) is 16.3. The summed E-state index contributed by atoms with van der Waals surface area (Å²) in [5.41, 5.74) is 7.67. The second-order valence-corrected chi connectivity index (χ2v) is 7.33. The summed E-state index contributed by atoms with van der Waals surface area (Å²) in [7, 11) is -4.76. The normalized spacial score (nSPS) is 12.2. The van der Waals surface area contributed by atoms with Crippen LogP contribution < -0.4 is 74.6 Å². The second-order valence-electron chi connectivity index (χ2n) is 5.85. The summed E-state index contributed by atoms with van der Waals surface area (Å²) in [6.45, 7) is 0.480. The van der Waals surface area contributed by atoms with Gasteiger partial charge in [0.1, 0.15) is 11.8 Å². The second kappa shape index (κ2) is 12.5. The first-order valence-electron chi connectivity index (χ1n) is 8.07. The molecule has 0 saturated carbocycles. The summed E-state index contributed by atoms with van der Waals surface area (Å²) in [4.78, 5) is 33.9. The molecule has 13 heteroatoms. The van der Waals surface area contributed by atoms with Gasteiger partial charge in [-0.05, 0) is 13.2 Å². The van der Waals surface area contributed by atoms with Gasteiger partial charge in [0.25, 0.3) is 0 Å². The van der Waals surface area contributed by atoms with Crippen molar-refractivity contribution in [3.8, 4) is 0 Å². The zero-order valence-corrected chi connectivity index (χ0v) is 21.2. The van der Waals surface area contributed by atoms with Gasteiger partial charge in [0.15, 0.2) is 11.5 Å². The third-order valence-electron chi connectivity index (χ3n) is 3.76. The number of nitrogen functional groups attached to an aromatic ring is 1. The van der Waals surface area contributed by atoms with Gasteiger partial charge >= 0.3 is 59.1 Å². The molecule has 1 atom stereocenters. The number of fused-ring (bicyclic) bond motifs is 1. The molecule has 0 aliphatic rings. The minimum Gasteiger partial charge on any atom is -0.809 e. The van der Waals surface area contributed by atoms with E-state index in [2.05, 4.69) is 15.0 Å². The van der Waals surface area contributed by atoms with Crippen molar-refractivity contribution in [1.29, 1.82) is 0 Å². The summed E-state index contributed by atoms with van der Waals surface area (Å²) in [5, 5.41) is 0. The number of benzene rings is 1. The molecular formula is C16H18N5Na2O5P. The summed E-state index contributed by atoms with van der Waals surface area (Å²) in [6, 6.07) is 9.12. The van der Waals surface area contributed by atoms with Crippen molar-refractivity contribution in [2.75, 3.05) is 25.3 Å². The molecule has 0 spiro atoms. The molecule has 0 unspecified atom stereocenters. The molecule has 10 nitrogen and oxygen atoms in total. The van der Waals surface area contributed by atoms with Crippen LogP contribution in [0.4, 0.5) is 5.82 Å². The average molecular weight is 437 g/mol. The molecule has 0 bridgehead atoms. The van der Waals surface area contributed by atoms with E-state index in [0.29, 0.717) is 17.8 Å². The molecule has 0 fully saturated rings. The van der Waals surface area contributed by atoms with Gasteiger partial charge < -0.3 is 34.1 Å². The van der Waals surface area contributed by atoms with Crippen molar-refractivity contribution in [3.05, 3.63) is 48.5 Å². The molecule has 2 heterocycles. The standard InChI is InChI=1S/C16H20N5O5P.2Na/c17-15-14-16(19-9-18-15)21(10-20-14)13(8-26-11-27(22,23)24)7-25-6-12-4-2-1-3-5-12;;/h1-5,9-10,13H,6-8,11H2,(H2,17,18,19)(H2,22,23,24);;/q;2*+1/p-2/t13-;;/m0../s1. The van der Waals surface area contributed by atoms with Crippen molar-refractivity contribution in [2.45, 2.75) is 12.6 Å². The smallest absolute Gasteiger partial charge is 0.809 e. The van der Waals surface area contributed by atoms with Crippen LogP contribution in [0, 0.1) is 0 Å². The van der Waals surface area contributed by atoms with Crippen LogP contribution in [0.15, 0.2) is 43.0 Å². The van der Waals surface area contributed by atoms with E-state index in [1.165, 1.54) is 12.7 Å². The number of aromatic nitrogens is 4. The van der Waals surface area contributed by atoms with E-state index >= 15 is 0 Å². The van der Waals surface area contributed by atoms with Crippen LogP contribution in [0.5, 0.6) is 0 Å². The van der Waals surface area contributed by atoms with E-state index in [-0.39, 0.29) is 78.1 Å². The van der Waals surface area contributed by atoms with Crippen molar-refractivity contribution in [1.82, 2.24) is 19.5 Å². The van der Waals surface area contributed by atoms with Gasteiger partial charge in [0.05, 0.1) is 38.5 Å². The maximum atomic E-state index is 10.8. The van der Waals surface area contributed by atoms with Crippen LogP contribution >= 0.6 is 7.60 Å². The van der Waals surface area contributed by atoms with E-state index in [1.54, 1.807) is 4.57 Å². The van der Waals surface area contributed by atoms with Crippen LogP contribution in [0.3, 0.4) is 0 Å². The van der Waals surface area contributed by atoms with Gasteiger partial charge in [0.2, 0.25) is 0 Å². The van der Waals surface area contributed by atoms with Crippen LogP contribution in [-0.2, 0) is 20.6 Å². The maximum absolute atomic E-state index is 10.8. The Kier molecular flexibility index (Phi) is 11.5. The minimum atomic E-state index is -4.76. The van der Waals surface area contributed by atoms with Crippen LogP contribution in [0.1, 0.15) is 11.6 Å². The molecule has 0 radical (unpaired) electrons. The first-order chi connectivity index (χ1) is 12.9. The first kappa shape index (κ1) is 26.7. The molecule has 2 aromatic heterocycles. The van der Waals surface area contributed by atoms with E-state index < -0.39 is 20.0 Å². The summed E-state index contributed by atoms with van der Waals surface area (Å²) in [5.74, 6) is 0.229. The molecule has 3 rings (SSSR count). The Bertz CT molecular complexity index is 940. The number of hydrogen-bond acceptors (Lipinski definition) is 9. The predicted octanol–water partition coefficient (Wildman–Crippen LogP) is -5.94. The number of anilines is 1. The minimum absolute atomic E-state index is 0. The Morgan fingerprint density at radius 3 is 2.45 bits per heavy atom. The SMILES string of the molecule is Nc1ncnc2c1ncn2[C@@H](COCc1ccccc1)COCP(=O)([O-])[O-].[Na+].[Na+]. The fourth-order valence-corrected chi connectivity index (χ4v) is 2.86. The molecule has 0 saturated heterocycles. The van der Waals surface area contributed by atoms with Crippen molar-refractivity contribution in [3.63, 3.8) is 0 Å². The van der Waals surface area contributed by atoms with Gasteiger partial charge in [-0.1, -0.05) is 30.3 Å². The van der Waals surface area contributed by atoms with E-state index in [4.69, 9.17) is 15.2 Å². The number of nitrogens with two attached hydrogens (primary N) is 1. The molecular weight excluding hydrogens is 419 g/mol. The Morgan fingerprint density at radius 1 is 1.07 bits per heavy atom. The fourth-order valence-electron chi connectivity index (χ4n) is 2.53. The topological polar surface area (TPSA) is 151 Å². The summed E-state index contributed by atoms with van der Waals surface area (Å²) in [6.07, 6.45) is 1.91. The summed E-state index contributed by atoms with van der Waals surface area (Å²) >= 11 is 0. The van der Waals surface area contributed by atoms with Crippen molar-refractivity contribution < 1.29 is 82.9 Å². The molecule has 0 amide bonds. The Hall–Kier alpha value is -0.360. The molecule has 29 heavy (non-hydrogen) atoms. The average Bonchev–Trinajstić information content (AvgIpc) is 3.06. The van der Waals surface area contributed by atoms with Gasteiger partial charge in [-0.15, -0.1) is 0 Å². The van der Waals surface area contributed by atoms with Crippen LogP contribution in [0.25, 0.3) is 11.2 Å². The molecule has 1 aromatic carbocycles. The number of rotatable bonds is 9. The van der Waals surface area contributed by atoms with Crippen LogP contribution in [0.2, 0.25) is 0 Å². The fraction of sp³-hybridized carbons (Fsp3) is 0.312. The molecule has 2 N–H and O–H groups in total. The van der Waals surface area contributed by atoms with Gasteiger partial charge in [-0.2, -0.15) is 0 Å². The van der Waals surface area contributed by atoms with Crippen LogP contribution in [-0.4, -0.2) is 39.1 Å². The van der Waals surface area contributed by atoms with E-state index in [0.717, 1.165) is 5.56 Å². The number of imidazole rings is 1. The number of nitrogens with zero attached hydrogens (tertiary/aromatic N) is 4. The van der Waals surface area contributed by atoms with Crippen molar-refractivity contribution >= 4 is 24.6 Å². The quantitative estimate of drug-likeness (QED) is 0.255.